The molecule has 37 heavy (non-hydrogen) atoms. The Morgan fingerprint density at radius 1 is 0.405 bits per heavy atom. The number of fused-ring (bicyclic) bond motifs is 3. The number of nitrogens with zero attached hydrogens (tertiary/aromatic N) is 3. The molecule has 0 unspecified atom stereocenters. The quantitative estimate of drug-likeness (QED) is 0.256. The Morgan fingerprint density at radius 3 is 1.54 bits per heavy atom. The molecule has 0 fully saturated rings. The molecule has 174 valence electrons. The molecule has 0 aliphatic carbocycles. The van der Waals surface area contributed by atoms with Crippen molar-refractivity contribution >= 4 is 21.9 Å². The van der Waals surface area contributed by atoms with Gasteiger partial charge in [0.25, 0.3) is 0 Å². The molecule has 2 heterocycles. The van der Waals surface area contributed by atoms with Crippen LogP contribution in [-0.4, -0.2) is 15.0 Å². The average molecular weight is 476 g/mol. The highest BCUT2D eigenvalue weighted by Gasteiger charge is 2.20. The molecule has 0 saturated carbocycles. The Bertz CT molecular complexity index is 1800. The predicted octanol–water partition coefficient (Wildman–Crippen LogP) is 8.44. The van der Waals surface area contributed by atoms with Gasteiger partial charge in [0.2, 0.25) is 0 Å². The summed E-state index contributed by atoms with van der Waals surface area (Å²) in [5, 5.41) is 2.16. The Labute approximate surface area is 213 Å². The number of rotatable bonds is 4. The number of benzene rings is 5. The Morgan fingerprint density at radius 2 is 0.919 bits per heavy atom. The summed E-state index contributed by atoms with van der Waals surface area (Å²) in [4.78, 5) is 14.8. The van der Waals surface area contributed by atoms with E-state index in [-0.39, 0.29) is 0 Å². The number of aromatic nitrogens is 3. The van der Waals surface area contributed by atoms with Crippen LogP contribution in [-0.2, 0) is 0 Å². The molecule has 4 heteroatoms. The van der Waals surface area contributed by atoms with Crippen molar-refractivity contribution in [1.29, 1.82) is 0 Å². The summed E-state index contributed by atoms with van der Waals surface area (Å²) in [6, 6.07) is 42.7. The van der Waals surface area contributed by atoms with Gasteiger partial charge in [-0.1, -0.05) is 109 Å². The van der Waals surface area contributed by atoms with Gasteiger partial charge in [0.15, 0.2) is 17.5 Å². The first-order valence-corrected chi connectivity index (χ1v) is 12.2. The minimum Gasteiger partial charge on any atom is -0.455 e. The van der Waals surface area contributed by atoms with E-state index >= 15 is 0 Å². The smallest absolute Gasteiger partial charge is 0.164 e. The van der Waals surface area contributed by atoms with Crippen molar-refractivity contribution in [2.24, 2.45) is 0 Å². The second-order valence-electron chi connectivity index (χ2n) is 8.87. The van der Waals surface area contributed by atoms with Crippen LogP contribution in [0, 0.1) is 0 Å². The lowest BCUT2D eigenvalue weighted by atomic mass is 9.96. The van der Waals surface area contributed by atoms with Gasteiger partial charge in [-0.15, -0.1) is 0 Å². The zero-order chi connectivity index (χ0) is 24.6. The van der Waals surface area contributed by atoms with Crippen molar-refractivity contribution in [3.8, 4) is 45.3 Å². The van der Waals surface area contributed by atoms with Crippen LogP contribution in [0.4, 0.5) is 0 Å². The molecule has 0 aliphatic rings. The Kier molecular flexibility index (Phi) is 5.07. The maximum absolute atomic E-state index is 6.46. The first-order valence-electron chi connectivity index (χ1n) is 12.2. The molecule has 0 aliphatic heterocycles. The molecule has 0 radical (unpaired) electrons. The van der Waals surface area contributed by atoms with Crippen molar-refractivity contribution in [1.82, 2.24) is 15.0 Å². The summed E-state index contributed by atoms with van der Waals surface area (Å²) in [7, 11) is 0. The summed E-state index contributed by atoms with van der Waals surface area (Å²) in [5.41, 5.74) is 6.48. The number of hydrogen-bond donors (Lipinski definition) is 0. The molecule has 7 rings (SSSR count). The lowest BCUT2D eigenvalue weighted by Gasteiger charge is -2.12. The second kappa shape index (κ2) is 8.85. The third kappa shape index (κ3) is 3.76. The molecule has 0 atom stereocenters. The number of furan rings is 1. The van der Waals surface area contributed by atoms with Crippen molar-refractivity contribution in [3.05, 3.63) is 127 Å². The van der Waals surface area contributed by atoms with Crippen molar-refractivity contribution < 1.29 is 4.42 Å². The van der Waals surface area contributed by atoms with E-state index < -0.39 is 0 Å². The normalized spacial score (nSPS) is 11.2. The SMILES string of the molecule is c1ccc(-c2nc(-c3ccccc3)nc(-c3ccc4c(oc5ccccc54)c3-c3ccccc3)n2)cc1. The van der Waals surface area contributed by atoms with E-state index in [0.29, 0.717) is 17.5 Å². The van der Waals surface area contributed by atoms with Crippen LogP contribution in [0.15, 0.2) is 132 Å². The zero-order valence-corrected chi connectivity index (χ0v) is 19.9. The second-order valence-corrected chi connectivity index (χ2v) is 8.87. The van der Waals surface area contributed by atoms with Crippen LogP contribution in [0.1, 0.15) is 0 Å². The summed E-state index contributed by atoms with van der Waals surface area (Å²) < 4.78 is 6.46. The highest BCUT2D eigenvalue weighted by atomic mass is 16.3. The van der Waals surface area contributed by atoms with E-state index in [4.69, 9.17) is 19.4 Å². The van der Waals surface area contributed by atoms with Gasteiger partial charge >= 0.3 is 0 Å². The van der Waals surface area contributed by atoms with Gasteiger partial charge in [-0.3, -0.25) is 0 Å². The molecule has 0 N–H and O–H groups in total. The van der Waals surface area contributed by atoms with E-state index in [0.717, 1.165) is 49.8 Å². The van der Waals surface area contributed by atoms with Crippen molar-refractivity contribution in [2.45, 2.75) is 0 Å². The number of hydrogen-bond acceptors (Lipinski definition) is 4. The average Bonchev–Trinajstić information content (AvgIpc) is 3.36. The monoisotopic (exact) mass is 475 g/mol. The standard InChI is InChI=1S/C33H21N3O/c1-4-12-22(13-5-1)29-27(21-20-26-25-18-10-11-19-28(25)37-30(26)29)33-35-31(23-14-6-2-7-15-23)34-32(36-33)24-16-8-3-9-17-24/h1-21H. The highest BCUT2D eigenvalue weighted by Crippen LogP contribution is 2.41. The molecule has 0 bridgehead atoms. The van der Waals surface area contributed by atoms with Crippen molar-refractivity contribution in [3.63, 3.8) is 0 Å². The maximum atomic E-state index is 6.46. The van der Waals surface area contributed by atoms with Crippen LogP contribution in [0.25, 0.3) is 67.2 Å². The summed E-state index contributed by atoms with van der Waals surface area (Å²) >= 11 is 0. The van der Waals surface area contributed by atoms with E-state index in [1.54, 1.807) is 0 Å². The van der Waals surface area contributed by atoms with Crippen molar-refractivity contribution in [2.75, 3.05) is 0 Å². The predicted molar refractivity (Wildman–Crippen MR) is 149 cm³/mol. The molecule has 0 amide bonds. The van der Waals surface area contributed by atoms with Gasteiger partial charge < -0.3 is 4.42 Å². The molecule has 2 aromatic heterocycles. The van der Waals surface area contributed by atoms with E-state index in [9.17, 15) is 0 Å². The molecular weight excluding hydrogens is 454 g/mol. The molecule has 0 saturated heterocycles. The molecule has 4 nitrogen and oxygen atoms in total. The lowest BCUT2D eigenvalue weighted by molar-refractivity contribution is 0.670. The minimum atomic E-state index is 0.605. The van der Waals surface area contributed by atoms with Gasteiger partial charge in [-0.05, 0) is 23.8 Å². The minimum absolute atomic E-state index is 0.605. The maximum Gasteiger partial charge on any atom is 0.164 e. The van der Waals surface area contributed by atoms with Crippen LogP contribution in [0.2, 0.25) is 0 Å². The van der Waals surface area contributed by atoms with Crippen LogP contribution in [0.5, 0.6) is 0 Å². The van der Waals surface area contributed by atoms with E-state index in [1.165, 1.54) is 0 Å². The Balaban J connectivity index is 1.55. The fourth-order valence-electron chi connectivity index (χ4n) is 4.80. The Hall–Kier alpha value is -5.09. The summed E-state index contributed by atoms with van der Waals surface area (Å²) in [6.07, 6.45) is 0. The fourth-order valence-corrected chi connectivity index (χ4v) is 4.80. The molecule has 5 aromatic carbocycles. The molecular formula is C33H21N3O. The topological polar surface area (TPSA) is 51.8 Å². The highest BCUT2D eigenvalue weighted by molar-refractivity contribution is 6.12. The lowest BCUT2D eigenvalue weighted by Crippen LogP contribution is -2.01. The zero-order valence-electron chi connectivity index (χ0n) is 19.9. The third-order valence-electron chi connectivity index (χ3n) is 6.55. The summed E-state index contributed by atoms with van der Waals surface area (Å²) in [5.74, 6) is 1.87. The molecule has 0 spiro atoms. The first kappa shape index (κ1) is 21.2. The fraction of sp³-hybridized carbons (Fsp3) is 0. The van der Waals surface area contributed by atoms with Crippen LogP contribution in [0.3, 0.4) is 0 Å². The largest absolute Gasteiger partial charge is 0.455 e. The van der Waals surface area contributed by atoms with Gasteiger partial charge in [0.1, 0.15) is 11.2 Å². The van der Waals surface area contributed by atoms with E-state index in [1.807, 2.05) is 97.1 Å². The van der Waals surface area contributed by atoms with E-state index in [2.05, 4.69) is 30.3 Å². The number of para-hydroxylation sites is 1. The van der Waals surface area contributed by atoms with Crippen LogP contribution >= 0.6 is 0 Å². The van der Waals surface area contributed by atoms with Gasteiger partial charge in [-0.25, -0.2) is 15.0 Å². The van der Waals surface area contributed by atoms with Gasteiger partial charge in [0.05, 0.1) is 0 Å². The summed E-state index contributed by atoms with van der Waals surface area (Å²) in [6.45, 7) is 0. The van der Waals surface area contributed by atoms with Gasteiger partial charge in [-0.2, -0.15) is 0 Å². The molecule has 7 aromatic rings. The van der Waals surface area contributed by atoms with Crippen LogP contribution < -0.4 is 0 Å². The third-order valence-corrected chi connectivity index (χ3v) is 6.55. The first-order chi connectivity index (χ1) is 18.3. The van der Waals surface area contributed by atoms with Gasteiger partial charge in [0, 0.05) is 33.0 Å².